The number of carbonyl (C=O) groups excluding carboxylic acids is 1. The molecular weight excluding hydrogens is 396 g/mol. The van der Waals surface area contributed by atoms with Gasteiger partial charge >= 0.3 is 0 Å². The lowest BCUT2D eigenvalue weighted by Crippen LogP contribution is -2.29. The van der Waals surface area contributed by atoms with Crippen LogP contribution in [-0.2, 0) is 6.54 Å². The summed E-state index contributed by atoms with van der Waals surface area (Å²) < 4.78 is 1.25. The molecular formula is C23H18N4O4. The average Bonchev–Trinajstić information content (AvgIpc) is 2.79. The third-order valence-corrected chi connectivity index (χ3v) is 4.67. The summed E-state index contributed by atoms with van der Waals surface area (Å²) in [5.74, 6) is -1.26. The van der Waals surface area contributed by atoms with Crippen molar-refractivity contribution < 1.29 is 15.0 Å². The van der Waals surface area contributed by atoms with Crippen molar-refractivity contribution in [3.8, 4) is 11.5 Å². The first-order valence-electron chi connectivity index (χ1n) is 9.42. The maximum atomic E-state index is 12.9. The Morgan fingerprint density at radius 1 is 0.968 bits per heavy atom. The minimum absolute atomic E-state index is 0.0448. The van der Waals surface area contributed by atoms with Gasteiger partial charge in [-0.25, -0.2) is 10.1 Å². The van der Waals surface area contributed by atoms with E-state index in [4.69, 9.17) is 0 Å². The van der Waals surface area contributed by atoms with Crippen molar-refractivity contribution >= 4 is 22.9 Å². The lowest BCUT2D eigenvalue weighted by molar-refractivity contribution is 0.0949. The van der Waals surface area contributed by atoms with Crippen LogP contribution in [0.1, 0.15) is 21.6 Å². The van der Waals surface area contributed by atoms with Crippen LogP contribution in [0.3, 0.4) is 0 Å². The molecule has 0 unspecified atom stereocenters. The number of rotatable bonds is 5. The molecule has 0 saturated carbocycles. The van der Waals surface area contributed by atoms with Gasteiger partial charge in [0.2, 0.25) is 0 Å². The van der Waals surface area contributed by atoms with E-state index in [-0.39, 0.29) is 34.9 Å². The van der Waals surface area contributed by atoms with Crippen LogP contribution >= 0.6 is 0 Å². The van der Waals surface area contributed by atoms with Crippen LogP contribution in [0.25, 0.3) is 10.8 Å². The maximum Gasteiger partial charge on any atom is 0.292 e. The van der Waals surface area contributed by atoms with Gasteiger partial charge in [0, 0.05) is 10.9 Å². The van der Waals surface area contributed by atoms with E-state index in [9.17, 15) is 19.8 Å². The maximum absolute atomic E-state index is 12.9. The molecule has 8 heteroatoms. The van der Waals surface area contributed by atoms with E-state index < -0.39 is 5.91 Å². The smallest absolute Gasteiger partial charge is 0.292 e. The first-order chi connectivity index (χ1) is 15.0. The molecule has 154 valence electrons. The van der Waals surface area contributed by atoms with Gasteiger partial charge in [-0.15, -0.1) is 0 Å². The fraction of sp³-hybridized carbons (Fsp3) is 0.0435. The number of hydrogen-bond acceptors (Lipinski definition) is 6. The summed E-state index contributed by atoms with van der Waals surface area (Å²) in [6.45, 7) is 0.214. The molecule has 0 aliphatic rings. The fourth-order valence-electron chi connectivity index (χ4n) is 3.13. The number of aromatic nitrogens is 2. The number of nitrogens with zero attached hydrogens (tertiary/aromatic N) is 3. The minimum Gasteiger partial charge on any atom is -0.504 e. The van der Waals surface area contributed by atoms with Gasteiger partial charge in [-0.3, -0.25) is 9.59 Å². The van der Waals surface area contributed by atoms with E-state index in [1.54, 1.807) is 24.3 Å². The number of nitrogens with one attached hydrogen (secondary N) is 1. The molecule has 1 heterocycles. The molecule has 3 N–H and O–H groups in total. The van der Waals surface area contributed by atoms with Gasteiger partial charge < -0.3 is 10.2 Å². The number of aromatic hydroxyl groups is 2. The lowest BCUT2D eigenvalue weighted by Gasteiger charge is -2.10. The first kappa shape index (κ1) is 19.8. The summed E-state index contributed by atoms with van der Waals surface area (Å²) in [4.78, 5) is 25.7. The molecule has 3 aromatic carbocycles. The summed E-state index contributed by atoms with van der Waals surface area (Å²) >= 11 is 0. The van der Waals surface area contributed by atoms with Crippen molar-refractivity contribution in [1.82, 2.24) is 15.2 Å². The highest BCUT2D eigenvalue weighted by Gasteiger charge is 2.16. The number of fused-ring (bicyclic) bond motifs is 1. The van der Waals surface area contributed by atoms with Crippen LogP contribution in [0.2, 0.25) is 0 Å². The van der Waals surface area contributed by atoms with Gasteiger partial charge in [-0.05, 0) is 23.8 Å². The lowest BCUT2D eigenvalue weighted by atomic mass is 10.1. The number of benzene rings is 3. The zero-order valence-electron chi connectivity index (χ0n) is 16.3. The van der Waals surface area contributed by atoms with E-state index in [1.165, 1.54) is 29.1 Å². The van der Waals surface area contributed by atoms with Crippen LogP contribution in [0.15, 0.2) is 82.7 Å². The molecule has 0 bridgehead atoms. The Balaban J connectivity index is 1.68. The van der Waals surface area contributed by atoms with Crippen LogP contribution in [0.5, 0.6) is 11.5 Å². The molecule has 4 rings (SSSR count). The van der Waals surface area contributed by atoms with Crippen LogP contribution in [0, 0.1) is 0 Å². The average molecular weight is 414 g/mol. The van der Waals surface area contributed by atoms with Crippen molar-refractivity contribution in [3.63, 3.8) is 0 Å². The first-order valence-corrected chi connectivity index (χ1v) is 9.42. The van der Waals surface area contributed by atoms with Gasteiger partial charge in [-0.2, -0.15) is 10.2 Å². The summed E-state index contributed by atoms with van der Waals surface area (Å²) in [5.41, 5.74) is 3.20. The SMILES string of the molecule is O=C(NN=Cc1cccc(O)c1O)c1nn(Cc2ccccc2)c(=O)c2ccccc12. The molecule has 4 aromatic rings. The number of phenols is 2. The second-order valence-electron chi connectivity index (χ2n) is 6.76. The molecule has 0 radical (unpaired) electrons. The predicted octanol–water partition coefficient (Wildman–Crippen LogP) is 2.62. The van der Waals surface area contributed by atoms with Crippen LogP contribution in [0.4, 0.5) is 0 Å². The standard InChI is InChI=1S/C23H18N4O4/c28-19-12-6-9-16(21(19)29)13-24-25-22(30)20-17-10-4-5-11-18(17)23(31)27(26-20)14-15-7-2-1-3-8-15/h1-13,28-29H,14H2,(H,25,30). The highest BCUT2D eigenvalue weighted by atomic mass is 16.3. The van der Waals surface area contributed by atoms with E-state index in [2.05, 4.69) is 15.6 Å². The summed E-state index contributed by atoms with van der Waals surface area (Å²) in [6, 6.07) is 20.5. The second-order valence-corrected chi connectivity index (χ2v) is 6.76. The van der Waals surface area contributed by atoms with Crippen molar-refractivity contribution in [2.45, 2.75) is 6.54 Å². The van der Waals surface area contributed by atoms with E-state index in [1.807, 2.05) is 30.3 Å². The third-order valence-electron chi connectivity index (χ3n) is 4.67. The van der Waals surface area contributed by atoms with Gasteiger partial charge in [0.05, 0.1) is 18.1 Å². The number of amides is 1. The molecule has 1 aromatic heterocycles. The Bertz CT molecular complexity index is 1350. The number of phenolic OH excluding ortho intramolecular Hbond substituents is 2. The van der Waals surface area contributed by atoms with E-state index in [0.29, 0.717) is 10.8 Å². The summed E-state index contributed by atoms with van der Waals surface area (Å²) in [5, 5.41) is 28.3. The normalized spacial score (nSPS) is 11.1. The zero-order chi connectivity index (χ0) is 21.8. The molecule has 1 amide bonds. The molecule has 0 atom stereocenters. The molecule has 0 aliphatic heterocycles. The zero-order valence-corrected chi connectivity index (χ0v) is 16.3. The molecule has 31 heavy (non-hydrogen) atoms. The minimum atomic E-state index is -0.617. The summed E-state index contributed by atoms with van der Waals surface area (Å²) in [6.07, 6.45) is 1.20. The molecule has 0 spiro atoms. The van der Waals surface area contributed by atoms with Gasteiger partial charge in [0.25, 0.3) is 11.5 Å². The van der Waals surface area contributed by atoms with Crippen LogP contribution < -0.4 is 11.0 Å². The Hall–Kier alpha value is -4.46. The molecule has 0 saturated heterocycles. The Morgan fingerprint density at radius 2 is 1.68 bits per heavy atom. The van der Waals surface area contributed by atoms with Gasteiger partial charge in [-0.1, -0.05) is 54.6 Å². The van der Waals surface area contributed by atoms with E-state index in [0.717, 1.165) is 5.56 Å². The monoisotopic (exact) mass is 414 g/mol. The molecule has 8 nitrogen and oxygen atoms in total. The Morgan fingerprint density at radius 3 is 2.45 bits per heavy atom. The van der Waals surface area contributed by atoms with E-state index >= 15 is 0 Å². The fourth-order valence-corrected chi connectivity index (χ4v) is 3.13. The third kappa shape index (κ3) is 4.13. The van der Waals surface area contributed by atoms with Crippen molar-refractivity contribution in [2.24, 2.45) is 5.10 Å². The highest BCUT2D eigenvalue weighted by Crippen LogP contribution is 2.26. The Labute approximate surface area is 176 Å². The topological polar surface area (TPSA) is 117 Å². The van der Waals surface area contributed by atoms with Crippen LogP contribution in [-0.4, -0.2) is 32.1 Å². The number of hydrogen-bond donors (Lipinski definition) is 3. The quantitative estimate of drug-likeness (QED) is 0.264. The number of hydrazone groups is 1. The van der Waals surface area contributed by atoms with Gasteiger partial charge in [0.15, 0.2) is 17.2 Å². The second kappa shape index (κ2) is 8.50. The number of carbonyl (C=O) groups is 1. The number of para-hydroxylation sites is 1. The highest BCUT2D eigenvalue weighted by molar-refractivity contribution is 6.05. The van der Waals surface area contributed by atoms with Crippen molar-refractivity contribution in [2.75, 3.05) is 0 Å². The summed E-state index contributed by atoms with van der Waals surface area (Å²) in [7, 11) is 0. The van der Waals surface area contributed by atoms with Crippen molar-refractivity contribution in [1.29, 1.82) is 0 Å². The molecule has 0 fully saturated rings. The largest absolute Gasteiger partial charge is 0.504 e. The Kier molecular flexibility index (Phi) is 5.44. The molecule has 0 aliphatic carbocycles. The predicted molar refractivity (Wildman–Crippen MR) is 116 cm³/mol. The van der Waals surface area contributed by atoms with Crippen molar-refractivity contribution in [3.05, 3.63) is 100.0 Å². The van der Waals surface area contributed by atoms with Gasteiger partial charge in [0.1, 0.15) is 0 Å².